The van der Waals surface area contributed by atoms with Gasteiger partial charge in [0.2, 0.25) is 0 Å². The maximum atomic E-state index is 12.6. The molecule has 31 heavy (non-hydrogen) atoms. The summed E-state index contributed by atoms with van der Waals surface area (Å²) in [5.74, 6) is 0.0605. The van der Waals surface area contributed by atoms with E-state index >= 15 is 0 Å². The number of aryl methyl sites for hydroxylation is 2. The van der Waals surface area contributed by atoms with Crippen LogP contribution in [0.5, 0.6) is 5.75 Å². The number of carbonyl (C=O) groups is 2. The van der Waals surface area contributed by atoms with E-state index in [1.165, 1.54) is 17.5 Å². The molecule has 0 saturated carbocycles. The van der Waals surface area contributed by atoms with Gasteiger partial charge in [-0.05, 0) is 73.2 Å². The summed E-state index contributed by atoms with van der Waals surface area (Å²) in [6, 6.07) is 22.7. The number of rotatable bonds is 7. The molecule has 0 unspecified atom stereocenters. The second kappa shape index (κ2) is 9.47. The average Bonchev–Trinajstić information content (AvgIpc) is 3.26. The Morgan fingerprint density at radius 2 is 1.74 bits per heavy atom. The van der Waals surface area contributed by atoms with Crippen LogP contribution in [0.1, 0.15) is 40.4 Å². The van der Waals surface area contributed by atoms with Crippen LogP contribution >= 0.6 is 0 Å². The van der Waals surface area contributed by atoms with Crippen LogP contribution < -0.4 is 15.4 Å². The van der Waals surface area contributed by atoms with Crippen molar-refractivity contribution in [1.82, 2.24) is 5.32 Å². The molecule has 1 atom stereocenters. The van der Waals surface area contributed by atoms with Crippen LogP contribution in [-0.2, 0) is 24.2 Å². The molecule has 2 amide bonds. The van der Waals surface area contributed by atoms with Gasteiger partial charge in [-0.2, -0.15) is 0 Å². The molecule has 0 radical (unpaired) electrons. The molecule has 0 aliphatic heterocycles. The predicted octanol–water partition coefficient (Wildman–Crippen LogP) is 4.51. The molecule has 3 aromatic carbocycles. The minimum absolute atomic E-state index is 0.190. The van der Waals surface area contributed by atoms with Gasteiger partial charge in [0, 0.05) is 17.8 Å². The van der Waals surface area contributed by atoms with Crippen molar-refractivity contribution in [3.63, 3.8) is 0 Å². The van der Waals surface area contributed by atoms with E-state index in [2.05, 4.69) is 16.7 Å². The van der Waals surface area contributed by atoms with Crippen molar-refractivity contribution < 1.29 is 14.3 Å². The summed E-state index contributed by atoms with van der Waals surface area (Å²) >= 11 is 0. The zero-order chi connectivity index (χ0) is 21.6. The van der Waals surface area contributed by atoms with Gasteiger partial charge in [0.15, 0.2) is 6.10 Å². The van der Waals surface area contributed by atoms with Crippen molar-refractivity contribution in [3.8, 4) is 5.75 Å². The third kappa shape index (κ3) is 5.31. The Bertz CT molecular complexity index is 1080. The monoisotopic (exact) mass is 414 g/mol. The van der Waals surface area contributed by atoms with Crippen LogP contribution in [0.3, 0.4) is 0 Å². The Labute approximate surface area is 182 Å². The third-order valence-corrected chi connectivity index (χ3v) is 5.44. The SMILES string of the molecule is C[C@@H](Oc1cccc(C(=O)NCc2ccccc2)c1)C(=O)Nc1ccc2c(c1)CCC2. The second-order valence-electron chi connectivity index (χ2n) is 7.78. The van der Waals surface area contributed by atoms with Crippen LogP contribution in [0, 0.1) is 0 Å². The van der Waals surface area contributed by atoms with Crippen LogP contribution in [0.25, 0.3) is 0 Å². The normalized spacial score (nSPS) is 13.2. The van der Waals surface area contributed by atoms with E-state index in [1.807, 2.05) is 42.5 Å². The molecule has 5 nitrogen and oxygen atoms in total. The lowest BCUT2D eigenvalue weighted by molar-refractivity contribution is -0.122. The van der Waals surface area contributed by atoms with Crippen molar-refractivity contribution >= 4 is 17.5 Å². The first-order valence-electron chi connectivity index (χ1n) is 10.6. The van der Waals surface area contributed by atoms with Crippen molar-refractivity contribution in [2.45, 2.75) is 38.8 Å². The number of hydrogen-bond acceptors (Lipinski definition) is 3. The summed E-state index contributed by atoms with van der Waals surface area (Å²) < 4.78 is 5.80. The summed E-state index contributed by atoms with van der Waals surface area (Å²) in [7, 11) is 0. The number of carbonyl (C=O) groups excluding carboxylic acids is 2. The van der Waals surface area contributed by atoms with Crippen LogP contribution in [0.4, 0.5) is 5.69 Å². The fraction of sp³-hybridized carbons (Fsp3) is 0.231. The molecule has 3 aromatic rings. The summed E-state index contributed by atoms with van der Waals surface area (Å²) in [4.78, 5) is 25.1. The molecule has 0 aromatic heterocycles. The molecule has 1 aliphatic carbocycles. The Kier molecular flexibility index (Phi) is 6.32. The number of amides is 2. The predicted molar refractivity (Wildman–Crippen MR) is 121 cm³/mol. The zero-order valence-electron chi connectivity index (χ0n) is 17.6. The van der Waals surface area contributed by atoms with E-state index in [9.17, 15) is 9.59 Å². The van der Waals surface area contributed by atoms with E-state index in [1.54, 1.807) is 31.2 Å². The second-order valence-corrected chi connectivity index (χ2v) is 7.78. The lowest BCUT2D eigenvalue weighted by Crippen LogP contribution is -2.30. The first kappa shape index (κ1) is 20.7. The van der Waals surface area contributed by atoms with E-state index in [4.69, 9.17) is 4.74 Å². The molecule has 0 fully saturated rings. The third-order valence-electron chi connectivity index (χ3n) is 5.44. The highest BCUT2D eigenvalue weighted by Gasteiger charge is 2.17. The maximum Gasteiger partial charge on any atom is 0.265 e. The minimum atomic E-state index is -0.698. The quantitative estimate of drug-likeness (QED) is 0.598. The summed E-state index contributed by atoms with van der Waals surface area (Å²) in [6.45, 7) is 2.15. The largest absolute Gasteiger partial charge is 0.481 e. The molecule has 0 bridgehead atoms. The highest BCUT2D eigenvalue weighted by atomic mass is 16.5. The fourth-order valence-electron chi connectivity index (χ4n) is 3.74. The lowest BCUT2D eigenvalue weighted by Gasteiger charge is -2.16. The summed E-state index contributed by atoms with van der Waals surface area (Å²) in [5, 5.41) is 5.82. The summed E-state index contributed by atoms with van der Waals surface area (Å²) in [6.07, 6.45) is 2.64. The fourth-order valence-corrected chi connectivity index (χ4v) is 3.74. The van der Waals surface area contributed by atoms with Gasteiger partial charge in [-0.15, -0.1) is 0 Å². The maximum absolute atomic E-state index is 12.6. The highest BCUT2D eigenvalue weighted by Crippen LogP contribution is 2.25. The van der Waals surface area contributed by atoms with Crippen LogP contribution in [-0.4, -0.2) is 17.9 Å². The molecule has 1 aliphatic rings. The van der Waals surface area contributed by atoms with Gasteiger partial charge in [0.25, 0.3) is 11.8 Å². The van der Waals surface area contributed by atoms with E-state index < -0.39 is 6.10 Å². The first-order valence-corrected chi connectivity index (χ1v) is 10.6. The summed E-state index contributed by atoms with van der Waals surface area (Å²) in [5.41, 5.74) is 4.97. The average molecular weight is 415 g/mol. The van der Waals surface area contributed by atoms with E-state index in [-0.39, 0.29) is 11.8 Å². The molecule has 4 rings (SSSR count). The van der Waals surface area contributed by atoms with Crippen molar-refractivity contribution in [2.75, 3.05) is 5.32 Å². The van der Waals surface area contributed by atoms with Gasteiger partial charge in [-0.25, -0.2) is 0 Å². The number of anilines is 1. The van der Waals surface area contributed by atoms with E-state index in [0.29, 0.717) is 17.9 Å². The Balaban J connectivity index is 1.34. The highest BCUT2D eigenvalue weighted by molar-refractivity contribution is 5.95. The Hall–Kier alpha value is -3.60. The lowest BCUT2D eigenvalue weighted by atomic mass is 10.1. The van der Waals surface area contributed by atoms with Gasteiger partial charge >= 0.3 is 0 Å². The minimum Gasteiger partial charge on any atom is -0.481 e. The molecular weight excluding hydrogens is 388 g/mol. The molecule has 0 heterocycles. The molecule has 5 heteroatoms. The van der Waals surface area contributed by atoms with E-state index in [0.717, 1.165) is 24.1 Å². The molecule has 2 N–H and O–H groups in total. The molecule has 158 valence electrons. The Morgan fingerprint density at radius 1 is 0.935 bits per heavy atom. The van der Waals surface area contributed by atoms with Gasteiger partial charge in [-0.1, -0.05) is 42.5 Å². The van der Waals surface area contributed by atoms with Gasteiger partial charge in [-0.3, -0.25) is 9.59 Å². The van der Waals surface area contributed by atoms with Crippen molar-refractivity contribution in [3.05, 3.63) is 95.1 Å². The molecule has 0 spiro atoms. The number of ether oxygens (including phenoxy) is 1. The molecular formula is C26H26N2O3. The Morgan fingerprint density at radius 3 is 2.58 bits per heavy atom. The van der Waals surface area contributed by atoms with Gasteiger partial charge < -0.3 is 15.4 Å². The van der Waals surface area contributed by atoms with Gasteiger partial charge in [0.05, 0.1) is 0 Å². The standard InChI is InChI=1S/C26H26N2O3/c1-18(25(29)28-23-14-13-20-9-5-10-21(20)15-23)31-24-12-6-11-22(16-24)26(30)27-17-19-7-3-2-4-8-19/h2-4,6-8,11-16,18H,5,9-10,17H2,1H3,(H,27,30)(H,28,29)/t18-/m1/s1. The zero-order valence-corrected chi connectivity index (χ0v) is 17.6. The molecule has 0 saturated heterocycles. The van der Waals surface area contributed by atoms with Crippen molar-refractivity contribution in [2.24, 2.45) is 0 Å². The number of benzene rings is 3. The van der Waals surface area contributed by atoms with Crippen molar-refractivity contribution in [1.29, 1.82) is 0 Å². The smallest absolute Gasteiger partial charge is 0.265 e. The number of hydrogen-bond donors (Lipinski definition) is 2. The van der Waals surface area contributed by atoms with Gasteiger partial charge in [0.1, 0.15) is 5.75 Å². The number of fused-ring (bicyclic) bond motifs is 1. The first-order chi connectivity index (χ1) is 15.1. The number of nitrogens with one attached hydrogen (secondary N) is 2. The van der Waals surface area contributed by atoms with Crippen LogP contribution in [0.2, 0.25) is 0 Å². The van der Waals surface area contributed by atoms with Crippen LogP contribution in [0.15, 0.2) is 72.8 Å². The topological polar surface area (TPSA) is 67.4 Å².